The topological polar surface area (TPSA) is 105 Å². The van der Waals surface area contributed by atoms with Crippen molar-refractivity contribution in [3.63, 3.8) is 0 Å². The third kappa shape index (κ3) is 4.34. The molecule has 0 heterocycles. The maximum absolute atomic E-state index is 12.2. The first kappa shape index (κ1) is 18.0. The highest BCUT2D eigenvalue weighted by Gasteiger charge is 2.16. The summed E-state index contributed by atoms with van der Waals surface area (Å²) in [6, 6.07) is 12.5. The van der Waals surface area contributed by atoms with Crippen LogP contribution in [0.25, 0.3) is 6.08 Å². The van der Waals surface area contributed by atoms with Gasteiger partial charge in [0.1, 0.15) is 11.6 Å². The van der Waals surface area contributed by atoms with E-state index < -0.39 is 10.8 Å². The lowest BCUT2D eigenvalue weighted by Crippen LogP contribution is -2.13. The fourth-order valence-corrected chi connectivity index (χ4v) is 2.19. The molecule has 0 atom stereocenters. The Bertz CT molecular complexity index is 903. The van der Waals surface area contributed by atoms with Gasteiger partial charge >= 0.3 is 5.69 Å². The van der Waals surface area contributed by atoms with E-state index in [1.165, 1.54) is 31.4 Å². The van der Waals surface area contributed by atoms with Gasteiger partial charge in [0.05, 0.1) is 22.7 Å². The number of ether oxygens (including phenoxy) is 1. The van der Waals surface area contributed by atoms with E-state index in [1.54, 1.807) is 30.3 Å². The summed E-state index contributed by atoms with van der Waals surface area (Å²) in [5, 5.41) is 23.1. The van der Waals surface area contributed by atoms with Gasteiger partial charge in [-0.1, -0.05) is 29.8 Å². The van der Waals surface area contributed by atoms with Crippen molar-refractivity contribution in [1.29, 1.82) is 5.26 Å². The predicted octanol–water partition coefficient (Wildman–Crippen LogP) is 3.80. The van der Waals surface area contributed by atoms with Gasteiger partial charge in [-0.2, -0.15) is 5.26 Å². The van der Waals surface area contributed by atoms with Gasteiger partial charge in [-0.25, -0.2) is 0 Å². The van der Waals surface area contributed by atoms with Crippen LogP contribution < -0.4 is 10.1 Å². The first-order valence-corrected chi connectivity index (χ1v) is 7.34. The summed E-state index contributed by atoms with van der Waals surface area (Å²) < 4.78 is 4.91. The van der Waals surface area contributed by atoms with Crippen molar-refractivity contribution < 1.29 is 14.5 Å². The molecule has 1 amide bonds. The summed E-state index contributed by atoms with van der Waals surface area (Å²) in [7, 11) is 1.32. The molecule has 0 aliphatic heterocycles. The van der Waals surface area contributed by atoms with Gasteiger partial charge in [0.2, 0.25) is 0 Å². The van der Waals surface area contributed by atoms with Crippen LogP contribution in [0.15, 0.2) is 48.0 Å². The number of nitro groups is 1. The molecule has 1 N–H and O–H groups in total. The number of nitrogens with zero attached hydrogens (tertiary/aromatic N) is 2. The van der Waals surface area contributed by atoms with E-state index in [0.29, 0.717) is 16.3 Å². The van der Waals surface area contributed by atoms with Crippen LogP contribution in [0.2, 0.25) is 5.02 Å². The Kier molecular flexibility index (Phi) is 5.71. The Morgan fingerprint density at radius 2 is 2.08 bits per heavy atom. The van der Waals surface area contributed by atoms with Gasteiger partial charge in [0, 0.05) is 6.07 Å². The Balaban J connectivity index is 2.33. The average Bonchev–Trinajstić information content (AvgIpc) is 2.61. The van der Waals surface area contributed by atoms with E-state index in [-0.39, 0.29) is 17.0 Å². The largest absolute Gasteiger partial charge is 0.490 e. The third-order valence-corrected chi connectivity index (χ3v) is 3.53. The van der Waals surface area contributed by atoms with Crippen molar-refractivity contribution in [3.05, 3.63) is 68.7 Å². The highest BCUT2D eigenvalue weighted by molar-refractivity contribution is 6.34. The summed E-state index contributed by atoms with van der Waals surface area (Å²) in [5.74, 6) is -0.588. The Labute approximate surface area is 148 Å². The van der Waals surface area contributed by atoms with Crippen molar-refractivity contribution in [2.75, 3.05) is 12.4 Å². The van der Waals surface area contributed by atoms with Crippen molar-refractivity contribution in [1.82, 2.24) is 0 Å². The lowest BCUT2D eigenvalue weighted by Gasteiger charge is -2.06. The second-order valence-electron chi connectivity index (χ2n) is 4.79. The van der Waals surface area contributed by atoms with E-state index in [2.05, 4.69) is 5.32 Å². The zero-order chi connectivity index (χ0) is 18.4. The number of nitrogens with one attached hydrogen (secondary N) is 1. The number of methoxy groups -OCH3 is 1. The molecule has 0 aliphatic carbocycles. The van der Waals surface area contributed by atoms with Crippen LogP contribution in [0.3, 0.4) is 0 Å². The molecular formula is C17H12ClN3O4. The molecule has 0 aromatic heterocycles. The number of rotatable bonds is 5. The fourth-order valence-electron chi connectivity index (χ4n) is 2.01. The highest BCUT2D eigenvalue weighted by atomic mass is 35.5. The number of nitro benzene ring substituents is 1. The van der Waals surface area contributed by atoms with E-state index in [4.69, 9.17) is 16.3 Å². The molecule has 8 heteroatoms. The second kappa shape index (κ2) is 7.95. The van der Waals surface area contributed by atoms with Crippen molar-refractivity contribution >= 4 is 35.0 Å². The summed E-state index contributed by atoms with van der Waals surface area (Å²) in [6.07, 6.45) is 1.25. The molecule has 0 unspecified atom stereocenters. The quantitative estimate of drug-likeness (QED) is 0.379. The first-order valence-electron chi connectivity index (χ1n) is 6.96. The zero-order valence-corrected chi connectivity index (χ0v) is 13.8. The number of para-hydroxylation sites is 1. The number of hydrogen-bond donors (Lipinski definition) is 1. The number of amides is 1. The van der Waals surface area contributed by atoms with Crippen LogP contribution in [-0.4, -0.2) is 17.9 Å². The van der Waals surface area contributed by atoms with Crippen LogP contribution in [0.5, 0.6) is 5.75 Å². The molecular weight excluding hydrogens is 346 g/mol. The maximum Gasteiger partial charge on any atom is 0.311 e. The summed E-state index contributed by atoms with van der Waals surface area (Å²) >= 11 is 5.96. The summed E-state index contributed by atoms with van der Waals surface area (Å²) in [5.41, 5.74) is 0.189. The minimum atomic E-state index is -0.672. The first-order chi connectivity index (χ1) is 12.0. The van der Waals surface area contributed by atoms with E-state index in [1.807, 2.05) is 0 Å². The third-order valence-electron chi connectivity index (χ3n) is 3.20. The second-order valence-corrected chi connectivity index (χ2v) is 5.20. The van der Waals surface area contributed by atoms with Gasteiger partial charge in [-0.15, -0.1) is 0 Å². The smallest absolute Gasteiger partial charge is 0.311 e. The van der Waals surface area contributed by atoms with Gasteiger partial charge < -0.3 is 10.1 Å². The van der Waals surface area contributed by atoms with Crippen LogP contribution in [0, 0.1) is 21.4 Å². The van der Waals surface area contributed by atoms with E-state index in [0.717, 1.165) is 0 Å². The van der Waals surface area contributed by atoms with E-state index in [9.17, 15) is 20.2 Å². The molecule has 7 nitrogen and oxygen atoms in total. The molecule has 2 aromatic carbocycles. The van der Waals surface area contributed by atoms with Crippen LogP contribution in [0.1, 0.15) is 5.56 Å². The van der Waals surface area contributed by atoms with Crippen LogP contribution in [0.4, 0.5) is 11.4 Å². The number of nitriles is 1. The molecule has 0 radical (unpaired) electrons. The maximum atomic E-state index is 12.2. The lowest BCUT2D eigenvalue weighted by molar-refractivity contribution is -0.385. The number of anilines is 1. The molecule has 25 heavy (non-hydrogen) atoms. The van der Waals surface area contributed by atoms with Gasteiger partial charge in [0.15, 0.2) is 5.75 Å². The number of hydrogen-bond acceptors (Lipinski definition) is 5. The molecule has 0 aliphatic rings. The summed E-state index contributed by atoms with van der Waals surface area (Å²) in [6.45, 7) is 0. The van der Waals surface area contributed by atoms with Crippen LogP contribution >= 0.6 is 11.6 Å². The molecule has 0 saturated heterocycles. The Hall–Kier alpha value is -3.37. The minimum Gasteiger partial charge on any atom is -0.490 e. The van der Waals surface area contributed by atoms with Gasteiger partial charge in [0.25, 0.3) is 5.91 Å². The van der Waals surface area contributed by atoms with Gasteiger partial charge in [-0.3, -0.25) is 14.9 Å². The highest BCUT2D eigenvalue weighted by Crippen LogP contribution is 2.28. The molecule has 0 spiro atoms. The molecule has 2 aromatic rings. The van der Waals surface area contributed by atoms with Crippen molar-refractivity contribution in [2.45, 2.75) is 0 Å². The Morgan fingerprint density at radius 3 is 2.68 bits per heavy atom. The normalized spacial score (nSPS) is 10.7. The molecule has 0 bridgehead atoms. The van der Waals surface area contributed by atoms with Crippen molar-refractivity contribution in [2.24, 2.45) is 0 Å². The average molecular weight is 358 g/mol. The minimum absolute atomic E-state index is 0.0844. The number of carbonyl (C=O) groups excluding carboxylic acids is 1. The zero-order valence-electron chi connectivity index (χ0n) is 13.0. The van der Waals surface area contributed by atoms with Gasteiger partial charge in [-0.05, 0) is 29.8 Å². The molecule has 126 valence electrons. The van der Waals surface area contributed by atoms with Crippen molar-refractivity contribution in [3.8, 4) is 11.8 Å². The standard InChI is InChI=1S/C17H12ClN3O4/c1-25-16-7-6-11(9-15(16)21(23)24)8-12(10-19)17(22)20-14-5-3-2-4-13(14)18/h2-9H,1H3,(H,20,22)/b12-8+. The summed E-state index contributed by atoms with van der Waals surface area (Å²) in [4.78, 5) is 22.7. The number of carbonyl (C=O) groups is 1. The monoisotopic (exact) mass is 357 g/mol. The molecule has 0 saturated carbocycles. The predicted molar refractivity (Wildman–Crippen MR) is 93.3 cm³/mol. The fraction of sp³-hybridized carbons (Fsp3) is 0.0588. The van der Waals surface area contributed by atoms with Crippen LogP contribution in [-0.2, 0) is 4.79 Å². The number of halogens is 1. The number of benzene rings is 2. The molecule has 2 rings (SSSR count). The SMILES string of the molecule is COc1ccc(/C=C(\C#N)C(=O)Nc2ccccc2Cl)cc1[N+](=O)[O-]. The van der Waals surface area contributed by atoms with E-state index >= 15 is 0 Å². The Morgan fingerprint density at radius 1 is 1.36 bits per heavy atom. The lowest BCUT2D eigenvalue weighted by atomic mass is 10.1. The molecule has 0 fully saturated rings.